The van der Waals surface area contributed by atoms with Gasteiger partial charge in [-0.05, 0) is 0 Å². The molecule has 1 heterocycles. The third-order valence-electron chi connectivity index (χ3n) is 1.53. The van der Waals surface area contributed by atoms with E-state index in [4.69, 9.17) is 5.11 Å². The van der Waals surface area contributed by atoms with Gasteiger partial charge in [0.2, 0.25) is 0 Å². The van der Waals surface area contributed by atoms with Crippen molar-refractivity contribution in [1.82, 2.24) is 4.90 Å². The summed E-state index contributed by atoms with van der Waals surface area (Å²) in [6, 6.07) is 0. The fraction of sp³-hybridized carbons (Fsp3) is 0.857. The maximum atomic E-state index is 10.8. The van der Waals surface area contributed by atoms with Crippen LogP contribution in [0.3, 0.4) is 0 Å². The zero-order chi connectivity index (χ0) is 8.10. The molecule has 0 bridgehead atoms. The summed E-state index contributed by atoms with van der Waals surface area (Å²) >= 11 is 0. The molecule has 0 aromatic carbocycles. The van der Waals surface area contributed by atoms with E-state index in [9.17, 15) is 4.79 Å². The normalized spacial score (nSPS) is 16.5. The summed E-state index contributed by atoms with van der Waals surface area (Å²) < 4.78 is 4.65. The van der Waals surface area contributed by atoms with Crippen LogP contribution in [0.4, 0.5) is 0 Å². The Labute approximate surface area is 65.8 Å². The number of esters is 1. The molecular weight excluding hydrogens is 146 g/mol. The van der Waals surface area contributed by atoms with Gasteiger partial charge in [-0.1, -0.05) is 0 Å². The highest BCUT2D eigenvalue weighted by molar-refractivity contribution is 5.69. The fourth-order valence-corrected chi connectivity index (χ4v) is 0.775. The Morgan fingerprint density at radius 3 is 2.82 bits per heavy atom. The lowest BCUT2D eigenvalue weighted by Gasteiger charge is -2.01. The number of hydrogen-bond acceptors (Lipinski definition) is 4. The Morgan fingerprint density at radius 2 is 2.27 bits per heavy atom. The van der Waals surface area contributed by atoms with E-state index in [0.29, 0.717) is 6.42 Å². The highest BCUT2D eigenvalue weighted by atomic mass is 16.5. The van der Waals surface area contributed by atoms with Crippen LogP contribution < -0.4 is 0 Å². The van der Waals surface area contributed by atoms with Gasteiger partial charge in [-0.3, -0.25) is 4.79 Å². The molecule has 0 aromatic heterocycles. The first-order valence-electron chi connectivity index (χ1n) is 3.82. The molecule has 0 amide bonds. The molecule has 64 valence electrons. The summed E-state index contributed by atoms with van der Waals surface area (Å²) in [6.45, 7) is 3.04. The van der Waals surface area contributed by atoms with Gasteiger partial charge in [0.15, 0.2) is 0 Å². The zero-order valence-corrected chi connectivity index (χ0v) is 6.45. The van der Waals surface area contributed by atoms with E-state index in [1.54, 1.807) is 0 Å². The minimum Gasteiger partial charge on any atom is -0.463 e. The summed E-state index contributed by atoms with van der Waals surface area (Å²) in [5.74, 6) is -0.217. The van der Waals surface area contributed by atoms with Crippen LogP contribution in [0.5, 0.6) is 0 Å². The lowest BCUT2D eigenvalue weighted by atomic mass is 10.4. The number of ether oxygens (including phenoxy) is 1. The number of rotatable bonds is 5. The second-order valence-electron chi connectivity index (χ2n) is 2.54. The van der Waals surface area contributed by atoms with Crippen molar-refractivity contribution >= 4 is 5.97 Å². The highest BCUT2D eigenvalue weighted by Crippen LogP contribution is 2.03. The minimum atomic E-state index is -0.217. The molecule has 1 aliphatic heterocycles. The molecule has 4 nitrogen and oxygen atoms in total. The molecule has 1 aliphatic rings. The topological polar surface area (TPSA) is 49.5 Å². The van der Waals surface area contributed by atoms with E-state index in [1.165, 1.54) is 0 Å². The van der Waals surface area contributed by atoms with Crippen molar-refractivity contribution in [2.45, 2.75) is 6.42 Å². The van der Waals surface area contributed by atoms with Crippen molar-refractivity contribution in [3.8, 4) is 0 Å². The van der Waals surface area contributed by atoms with Crippen LogP contribution in [-0.4, -0.2) is 48.8 Å². The van der Waals surface area contributed by atoms with E-state index < -0.39 is 0 Å². The second-order valence-corrected chi connectivity index (χ2v) is 2.54. The molecule has 0 radical (unpaired) electrons. The van der Waals surface area contributed by atoms with Crippen LogP contribution in [0.15, 0.2) is 0 Å². The molecule has 0 spiro atoms. The number of aliphatic hydroxyl groups excluding tert-OH is 1. The average Bonchev–Trinajstić information content (AvgIpc) is 2.80. The summed E-state index contributed by atoms with van der Waals surface area (Å²) in [6.07, 6.45) is 0.444. The molecule has 0 saturated carbocycles. The monoisotopic (exact) mass is 159 g/mol. The van der Waals surface area contributed by atoms with Crippen molar-refractivity contribution in [3.63, 3.8) is 0 Å². The van der Waals surface area contributed by atoms with Crippen LogP contribution in [0.25, 0.3) is 0 Å². The first-order chi connectivity index (χ1) is 5.33. The van der Waals surface area contributed by atoms with Gasteiger partial charge >= 0.3 is 5.97 Å². The van der Waals surface area contributed by atoms with Crippen LogP contribution in [0, 0.1) is 0 Å². The molecule has 0 atom stereocenters. The maximum absolute atomic E-state index is 10.8. The molecule has 0 aliphatic carbocycles. The van der Waals surface area contributed by atoms with Gasteiger partial charge in [0.1, 0.15) is 6.61 Å². The number of carbonyl (C=O) groups excluding carboxylic acids is 1. The van der Waals surface area contributed by atoms with Gasteiger partial charge in [-0.15, -0.1) is 0 Å². The first kappa shape index (κ1) is 8.49. The number of hydrogen-bond donors (Lipinski definition) is 1. The van der Waals surface area contributed by atoms with Crippen LogP contribution in [0.2, 0.25) is 0 Å². The average molecular weight is 159 g/mol. The minimum absolute atomic E-state index is 0.0878. The first-order valence-corrected chi connectivity index (χ1v) is 3.82. The van der Waals surface area contributed by atoms with E-state index in [2.05, 4.69) is 9.64 Å². The second kappa shape index (κ2) is 4.31. The Morgan fingerprint density at radius 1 is 1.55 bits per heavy atom. The molecule has 1 fully saturated rings. The smallest absolute Gasteiger partial charge is 0.307 e. The molecule has 0 unspecified atom stereocenters. The molecule has 1 rings (SSSR count). The molecule has 1 N–H and O–H groups in total. The van der Waals surface area contributed by atoms with Gasteiger partial charge in [-0.25, -0.2) is 0 Å². The molecule has 11 heavy (non-hydrogen) atoms. The third-order valence-corrected chi connectivity index (χ3v) is 1.53. The lowest BCUT2D eigenvalue weighted by Crippen LogP contribution is -2.12. The number of aliphatic hydroxyl groups is 1. The Kier molecular flexibility index (Phi) is 3.32. The molecule has 1 saturated heterocycles. The Bertz CT molecular complexity index is 134. The van der Waals surface area contributed by atoms with Gasteiger partial charge in [0.05, 0.1) is 13.0 Å². The number of carbonyl (C=O) groups is 1. The third kappa shape index (κ3) is 3.95. The van der Waals surface area contributed by atoms with Gasteiger partial charge in [0, 0.05) is 19.6 Å². The van der Waals surface area contributed by atoms with E-state index in [1.807, 2.05) is 0 Å². The predicted octanol–water partition coefficient (Wildman–Crippen LogP) is -0.772. The lowest BCUT2D eigenvalue weighted by molar-refractivity contribution is -0.144. The van der Waals surface area contributed by atoms with Crippen molar-refractivity contribution in [3.05, 3.63) is 0 Å². The summed E-state index contributed by atoms with van der Waals surface area (Å²) in [4.78, 5) is 12.9. The van der Waals surface area contributed by atoms with E-state index in [0.717, 1.165) is 19.6 Å². The van der Waals surface area contributed by atoms with Crippen molar-refractivity contribution in [2.75, 3.05) is 32.8 Å². The summed E-state index contributed by atoms with van der Waals surface area (Å²) in [5.41, 5.74) is 0. The Hall–Kier alpha value is -0.610. The van der Waals surface area contributed by atoms with Crippen LogP contribution in [-0.2, 0) is 9.53 Å². The van der Waals surface area contributed by atoms with Gasteiger partial charge in [-0.2, -0.15) is 0 Å². The van der Waals surface area contributed by atoms with E-state index >= 15 is 0 Å². The van der Waals surface area contributed by atoms with Gasteiger partial charge in [0.25, 0.3) is 0 Å². The van der Waals surface area contributed by atoms with Gasteiger partial charge < -0.3 is 14.7 Å². The molecular formula is C7H13NO3. The molecule has 4 heteroatoms. The van der Waals surface area contributed by atoms with Crippen LogP contribution in [0.1, 0.15) is 6.42 Å². The standard InChI is InChI=1S/C7H13NO3/c9-5-6-11-7(10)1-2-8-3-4-8/h9H,1-6H2. The van der Waals surface area contributed by atoms with Crippen molar-refractivity contribution in [1.29, 1.82) is 0 Å². The summed E-state index contributed by atoms with van der Waals surface area (Å²) in [5, 5.41) is 8.32. The van der Waals surface area contributed by atoms with Crippen LogP contribution >= 0.6 is 0 Å². The van der Waals surface area contributed by atoms with Crippen molar-refractivity contribution < 1.29 is 14.6 Å². The predicted molar refractivity (Wildman–Crippen MR) is 39.1 cm³/mol. The highest BCUT2D eigenvalue weighted by Gasteiger charge is 2.17. The largest absolute Gasteiger partial charge is 0.463 e. The molecule has 0 aromatic rings. The quantitative estimate of drug-likeness (QED) is 0.422. The van der Waals surface area contributed by atoms with E-state index in [-0.39, 0.29) is 19.2 Å². The maximum Gasteiger partial charge on any atom is 0.307 e. The van der Waals surface area contributed by atoms with Crippen molar-refractivity contribution in [2.24, 2.45) is 0 Å². The Balaban J connectivity index is 1.91. The summed E-state index contributed by atoms with van der Waals surface area (Å²) in [7, 11) is 0. The zero-order valence-electron chi connectivity index (χ0n) is 6.45. The SMILES string of the molecule is O=C(CCN1CC1)OCCO. The number of nitrogens with zero attached hydrogens (tertiary/aromatic N) is 1. The fourth-order valence-electron chi connectivity index (χ4n) is 0.775.